The zero-order valence-electron chi connectivity index (χ0n) is 11.7. The molecule has 2 aromatic rings. The summed E-state index contributed by atoms with van der Waals surface area (Å²) in [5, 5.41) is 0.705. The molecule has 0 unspecified atom stereocenters. The lowest BCUT2D eigenvalue weighted by atomic mass is 10.0. The van der Waals surface area contributed by atoms with Gasteiger partial charge in [-0.2, -0.15) is 0 Å². The summed E-state index contributed by atoms with van der Waals surface area (Å²) >= 11 is 7.58. The van der Waals surface area contributed by atoms with Crippen LogP contribution in [0.2, 0.25) is 5.02 Å². The van der Waals surface area contributed by atoms with Gasteiger partial charge in [-0.25, -0.2) is 0 Å². The lowest BCUT2D eigenvalue weighted by Crippen LogP contribution is -2.06. The fourth-order valence-electron chi connectivity index (χ4n) is 2.17. The molecule has 0 aliphatic heterocycles. The van der Waals surface area contributed by atoms with E-state index < -0.39 is 0 Å². The lowest BCUT2D eigenvalue weighted by molar-refractivity contribution is -0.116. The highest BCUT2D eigenvalue weighted by Crippen LogP contribution is 2.26. The molecule has 0 fully saturated rings. The molecule has 1 nitrogen and oxygen atoms in total. The smallest absolute Gasteiger partial charge is 0.147 e. The zero-order valence-corrected chi connectivity index (χ0v) is 13.2. The van der Waals surface area contributed by atoms with Gasteiger partial charge in [0.25, 0.3) is 0 Å². The fourth-order valence-corrected chi connectivity index (χ4v) is 3.27. The van der Waals surface area contributed by atoms with Crippen LogP contribution in [0.25, 0.3) is 0 Å². The zero-order chi connectivity index (χ0) is 14.5. The van der Waals surface area contributed by atoms with Gasteiger partial charge in [-0.15, -0.1) is 11.8 Å². The number of Topliss-reactive ketones (excluding diaryl/α,β-unsaturated/α-hetero) is 1. The maximum Gasteiger partial charge on any atom is 0.147 e. The number of benzene rings is 2. The van der Waals surface area contributed by atoms with Crippen molar-refractivity contribution in [1.29, 1.82) is 0 Å². The molecule has 2 rings (SSSR count). The van der Waals surface area contributed by atoms with E-state index in [1.165, 1.54) is 22.9 Å². The molecule has 0 heterocycles. The minimum absolute atomic E-state index is 0.222. The topological polar surface area (TPSA) is 17.1 Å². The second kappa shape index (κ2) is 6.96. The van der Waals surface area contributed by atoms with E-state index in [2.05, 4.69) is 32.0 Å². The molecular weight excluding hydrogens is 288 g/mol. The molecule has 104 valence electrons. The van der Waals surface area contributed by atoms with Crippen LogP contribution >= 0.6 is 23.4 Å². The predicted molar refractivity (Wildman–Crippen MR) is 86.8 cm³/mol. The number of rotatable bonds is 5. The van der Waals surface area contributed by atoms with Crippen molar-refractivity contribution in [2.24, 2.45) is 0 Å². The van der Waals surface area contributed by atoms with E-state index in [1.54, 1.807) is 0 Å². The van der Waals surface area contributed by atoms with Crippen molar-refractivity contribution in [2.45, 2.75) is 25.2 Å². The van der Waals surface area contributed by atoms with Crippen LogP contribution in [-0.2, 0) is 11.2 Å². The molecule has 0 aliphatic rings. The second-order valence-corrected chi connectivity index (χ2v) is 6.35. The van der Waals surface area contributed by atoms with Gasteiger partial charge in [0.1, 0.15) is 5.78 Å². The lowest BCUT2D eigenvalue weighted by Gasteiger charge is -2.06. The van der Waals surface area contributed by atoms with Gasteiger partial charge in [0.05, 0.1) is 10.8 Å². The summed E-state index contributed by atoms with van der Waals surface area (Å²) in [4.78, 5) is 13.0. The quantitative estimate of drug-likeness (QED) is 0.734. The number of aryl methyl sites for hydroxylation is 2. The second-order valence-electron chi connectivity index (χ2n) is 4.93. The van der Waals surface area contributed by atoms with E-state index in [-0.39, 0.29) is 5.78 Å². The molecule has 3 heteroatoms. The summed E-state index contributed by atoms with van der Waals surface area (Å²) in [5.41, 5.74) is 3.49. The highest BCUT2D eigenvalue weighted by molar-refractivity contribution is 8.00. The number of carbonyl (C=O) groups excluding carboxylic acids is 1. The number of thioether (sulfide) groups is 1. The molecular formula is C17H17ClOS. The van der Waals surface area contributed by atoms with Gasteiger partial charge in [-0.1, -0.05) is 53.1 Å². The molecule has 0 radical (unpaired) electrons. The average Bonchev–Trinajstić information content (AvgIpc) is 2.36. The Morgan fingerprint density at radius 2 is 1.75 bits per heavy atom. The summed E-state index contributed by atoms with van der Waals surface area (Å²) in [6.07, 6.45) is 0.486. The molecule has 0 aromatic heterocycles. The minimum atomic E-state index is 0.222. The Morgan fingerprint density at radius 3 is 2.40 bits per heavy atom. The van der Waals surface area contributed by atoms with Crippen molar-refractivity contribution in [2.75, 3.05) is 5.75 Å². The van der Waals surface area contributed by atoms with E-state index in [0.717, 1.165) is 10.5 Å². The van der Waals surface area contributed by atoms with Crippen LogP contribution in [0.3, 0.4) is 0 Å². The molecule has 2 aromatic carbocycles. The van der Waals surface area contributed by atoms with E-state index in [4.69, 9.17) is 11.6 Å². The Balaban J connectivity index is 1.94. The van der Waals surface area contributed by atoms with Crippen molar-refractivity contribution < 1.29 is 4.79 Å². The first-order chi connectivity index (χ1) is 9.54. The molecule has 0 spiro atoms. The van der Waals surface area contributed by atoms with Gasteiger partial charge >= 0.3 is 0 Å². The summed E-state index contributed by atoms with van der Waals surface area (Å²) in [7, 11) is 0. The average molecular weight is 305 g/mol. The summed E-state index contributed by atoms with van der Waals surface area (Å²) in [6, 6.07) is 13.9. The maximum atomic E-state index is 12.1. The van der Waals surface area contributed by atoms with E-state index in [9.17, 15) is 4.79 Å². The highest BCUT2D eigenvalue weighted by atomic mass is 35.5. The van der Waals surface area contributed by atoms with Crippen LogP contribution in [0.4, 0.5) is 0 Å². The number of halogens is 1. The van der Waals surface area contributed by atoms with Crippen LogP contribution in [-0.4, -0.2) is 11.5 Å². The van der Waals surface area contributed by atoms with Crippen LogP contribution in [0, 0.1) is 13.8 Å². The first-order valence-corrected chi connectivity index (χ1v) is 7.87. The predicted octanol–water partition coefficient (Wildman–Crippen LogP) is 4.86. The van der Waals surface area contributed by atoms with Gasteiger partial charge in [0.2, 0.25) is 0 Å². The third kappa shape index (κ3) is 4.39. The summed E-state index contributed by atoms with van der Waals surface area (Å²) in [5.74, 6) is 0.677. The standard InChI is InChI=1S/C17H17ClOS/c1-12-7-13(2)9-14(8-12)10-15(19)11-20-17-6-4-3-5-16(17)18/h3-9H,10-11H2,1-2H3. The van der Waals surface area contributed by atoms with Gasteiger partial charge in [-0.05, 0) is 31.5 Å². The van der Waals surface area contributed by atoms with E-state index in [0.29, 0.717) is 17.2 Å². The number of ketones is 1. The van der Waals surface area contributed by atoms with Crippen LogP contribution in [0.5, 0.6) is 0 Å². The van der Waals surface area contributed by atoms with Crippen molar-refractivity contribution in [3.8, 4) is 0 Å². The molecule has 20 heavy (non-hydrogen) atoms. The van der Waals surface area contributed by atoms with Gasteiger partial charge < -0.3 is 0 Å². The fraction of sp³-hybridized carbons (Fsp3) is 0.235. The van der Waals surface area contributed by atoms with Crippen molar-refractivity contribution in [3.05, 3.63) is 64.2 Å². The SMILES string of the molecule is Cc1cc(C)cc(CC(=O)CSc2ccccc2Cl)c1. The van der Waals surface area contributed by atoms with Crippen LogP contribution < -0.4 is 0 Å². The van der Waals surface area contributed by atoms with Crippen molar-refractivity contribution >= 4 is 29.1 Å². The molecule has 0 aliphatic carbocycles. The number of hydrogen-bond acceptors (Lipinski definition) is 2. The van der Waals surface area contributed by atoms with E-state index in [1.807, 2.05) is 24.3 Å². The molecule has 0 atom stereocenters. The minimum Gasteiger partial charge on any atom is -0.298 e. The Kier molecular flexibility index (Phi) is 5.27. The number of hydrogen-bond donors (Lipinski definition) is 0. The van der Waals surface area contributed by atoms with Gasteiger partial charge in [0, 0.05) is 11.3 Å². The third-order valence-corrected chi connectivity index (χ3v) is 4.48. The van der Waals surface area contributed by atoms with Crippen molar-refractivity contribution in [1.82, 2.24) is 0 Å². The molecule has 0 N–H and O–H groups in total. The summed E-state index contributed by atoms with van der Waals surface area (Å²) < 4.78 is 0. The first-order valence-electron chi connectivity index (χ1n) is 6.51. The molecule has 0 saturated heterocycles. The van der Waals surface area contributed by atoms with Gasteiger partial charge in [0.15, 0.2) is 0 Å². The largest absolute Gasteiger partial charge is 0.298 e. The molecule has 0 saturated carbocycles. The summed E-state index contributed by atoms with van der Waals surface area (Å²) in [6.45, 7) is 4.11. The number of carbonyl (C=O) groups is 1. The molecule has 0 amide bonds. The van der Waals surface area contributed by atoms with Crippen LogP contribution in [0.1, 0.15) is 16.7 Å². The Hall–Kier alpha value is -1.25. The Labute approximate surface area is 129 Å². The van der Waals surface area contributed by atoms with Crippen molar-refractivity contribution in [3.63, 3.8) is 0 Å². The van der Waals surface area contributed by atoms with Gasteiger partial charge in [-0.3, -0.25) is 4.79 Å². The van der Waals surface area contributed by atoms with Crippen LogP contribution in [0.15, 0.2) is 47.4 Å². The first kappa shape index (κ1) is 15.1. The Morgan fingerprint density at radius 1 is 1.10 bits per heavy atom. The molecule has 0 bridgehead atoms. The highest BCUT2D eigenvalue weighted by Gasteiger charge is 2.07. The van der Waals surface area contributed by atoms with E-state index >= 15 is 0 Å². The Bertz CT molecular complexity index is 602. The maximum absolute atomic E-state index is 12.1. The normalized spacial score (nSPS) is 10.6. The monoisotopic (exact) mass is 304 g/mol. The third-order valence-electron chi connectivity index (χ3n) is 2.91.